The molecule has 3 aromatic rings. The Bertz CT molecular complexity index is 989. The largest absolute Gasteiger partial charge is 0.497 e. The number of nitrogens with zero attached hydrogens (tertiary/aromatic N) is 3. The third kappa shape index (κ3) is 2.41. The number of rotatable bonds is 2. The lowest BCUT2D eigenvalue weighted by Crippen LogP contribution is -2.25. The molecule has 126 valence electrons. The summed E-state index contributed by atoms with van der Waals surface area (Å²) in [4.78, 5) is 12.5. The summed E-state index contributed by atoms with van der Waals surface area (Å²) >= 11 is 0. The Morgan fingerprint density at radius 1 is 1.25 bits per heavy atom. The summed E-state index contributed by atoms with van der Waals surface area (Å²) in [7, 11) is 1.26. The predicted molar refractivity (Wildman–Crippen MR) is 78.4 cm³/mol. The molecule has 0 saturated carbocycles. The number of ether oxygens (including phenoxy) is 1. The Balaban J connectivity index is 2.36. The Kier molecular flexibility index (Phi) is 3.58. The van der Waals surface area contributed by atoms with Crippen molar-refractivity contribution in [1.29, 1.82) is 0 Å². The van der Waals surface area contributed by atoms with Crippen molar-refractivity contribution in [2.24, 2.45) is 0 Å². The molecule has 9 heteroatoms. The average molecular weight is 339 g/mol. The van der Waals surface area contributed by atoms with Crippen LogP contribution in [0.2, 0.25) is 0 Å². The number of fused-ring (bicyclic) bond motifs is 1. The lowest BCUT2D eigenvalue weighted by molar-refractivity contribution is -0.137. The molecule has 0 N–H and O–H groups in total. The molecular formula is C15H12F3N3O3. The fourth-order valence-corrected chi connectivity index (χ4v) is 2.51. The molecule has 0 fully saturated rings. The highest BCUT2D eigenvalue weighted by atomic mass is 19.4. The predicted octanol–water partition coefficient (Wildman–Crippen LogP) is 3.02. The third-order valence-corrected chi connectivity index (χ3v) is 3.61. The van der Waals surface area contributed by atoms with E-state index in [0.717, 1.165) is 12.1 Å². The van der Waals surface area contributed by atoms with Crippen LogP contribution in [-0.2, 0) is 6.18 Å². The van der Waals surface area contributed by atoms with Crippen LogP contribution < -0.4 is 10.3 Å². The van der Waals surface area contributed by atoms with Gasteiger partial charge in [-0.1, -0.05) is 5.16 Å². The van der Waals surface area contributed by atoms with Gasteiger partial charge in [0, 0.05) is 0 Å². The molecule has 2 aromatic heterocycles. The molecule has 0 unspecified atom stereocenters. The number of aromatic nitrogens is 3. The maximum atomic E-state index is 13.4. The van der Waals surface area contributed by atoms with E-state index in [0.29, 0.717) is 21.5 Å². The van der Waals surface area contributed by atoms with Gasteiger partial charge in [0.1, 0.15) is 11.5 Å². The van der Waals surface area contributed by atoms with Crippen LogP contribution in [-0.4, -0.2) is 22.0 Å². The van der Waals surface area contributed by atoms with Gasteiger partial charge in [0.2, 0.25) is 0 Å². The number of benzene rings is 1. The van der Waals surface area contributed by atoms with Crippen molar-refractivity contribution in [2.45, 2.75) is 20.0 Å². The summed E-state index contributed by atoms with van der Waals surface area (Å²) in [6.07, 6.45) is -4.69. The second kappa shape index (κ2) is 5.36. The molecule has 2 heterocycles. The molecular weight excluding hydrogens is 327 g/mol. The van der Waals surface area contributed by atoms with Crippen LogP contribution >= 0.6 is 0 Å². The normalized spacial score (nSPS) is 11.9. The van der Waals surface area contributed by atoms with E-state index in [9.17, 15) is 18.0 Å². The van der Waals surface area contributed by atoms with Crippen LogP contribution in [0, 0.1) is 13.8 Å². The van der Waals surface area contributed by atoms with E-state index in [1.54, 1.807) is 13.8 Å². The quantitative estimate of drug-likeness (QED) is 0.718. The second-order valence-electron chi connectivity index (χ2n) is 5.15. The summed E-state index contributed by atoms with van der Waals surface area (Å²) in [5, 5.41) is 8.03. The molecule has 0 spiro atoms. The molecule has 0 amide bonds. The Labute approximate surface area is 133 Å². The molecule has 0 atom stereocenters. The standard InChI is InChI=1S/C15H12F3N3O3/c1-7-12-8(2)24-20-13(12)14(22)21(19-7)11-5-4-9(23-3)6-10(11)15(16,17)18/h4-6H,1-3H3. The fraction of sp³-hybridized carbons (Fsp3) is 0.267. The topological polar surface area (TPSA) is 70.2 Å². The smallest absolute Gasteiger partial charge is 0.418 e. The van der Waals surface area contributed by atoms with Crippen LogP contribution in [0.5, 0.6) is 5.75 Å². The summed E-state index contributed by atoms with van der Waals surface area (Å²) in [5.74, 6) is 0.402. The molecule has 0 bridgehead atoms. The van der Waals surface area contributed by atoms with E-state index < -0.39 is 23.0 Å². The molecule has 0 aliphatic heterocycles. The van der Waals surface area contributed by atoms with E-state index in [1.807, 2.05) is 0 Å². The van der Waals surface area contributed by atoms with Crippen LogP contribution in [0.25, 0.3) is 16.6 Å². The minimum absolute atomic E-state index is 0.0224. The van der Waals surface area contributed by atoms with E-state index in [1.165, 1.54) is 13.2 Å². The van der Waals surface area contributed by atoms with Crippen molar-refractivity contribution in [3.63, 3.8) is 0 Å². The Morgan fingerprint density at radius 3 is 2.58 bits per heavy atom. The van der Waals surface area contributed by atoms with Crippen molar-refractivity contribution in [2.75, 3.05) is 7.11 Å². The number of methoxy groups -OCH3 is 1. The maximum absolute atomic E-state index is 13.4. The second-order valence-corrected chi connectivity index (χ2v) is 5.15. The van der Waals surface area contributed by atoms with Crippen LogP contribution in [0.4, 0.5) is 13.2 Å². The van der Waals surface area contributed by atoms with Crippen molar-refractivity contribution < 1.29 is 22.4 Å². The van der Waals surface area contributed by atoms with E-state index >= 15 is 0 Å². The minimum atomic E-state index is -4.69. The SMILES string of the molecule is COc1ccc(-n2nc(C)c3c(C)onc3c2=O)c(C(F)(F)F)c1. The zero-order valence-corrected chi connectivity index (χ0v) is 12.9. The van der Waals surface area contributed by atoms with Crippen molar-refractivity contribution in [3.05, 3.63) is 45.6 Å². The highest BCUT2D eigenvalue weighted by Crippen LogP contribution is 2.35. The molecule has 0 saturated heterocycles. The first-order chi connectivity index (χ1) is 11.2. The lowest BCUT2D eigenvalue weighted by atomic mass is 10.1. The van der Waals surface area contributed by atoms with Gasteiger partial charge in [-0.15, -0.1) is 0 Å². The van der Waals surface area contributed by atoms with Crippen LogP contribution in [0.3, 0.4) is 0 Å². The zero-order chi connectivity index (χ0) is 17.6. The molecule has 6 nitrogen and oxygen atoms in total. The first-order valence-electron chi connectivity index (χ1n) is 6.85. The van der Waals surface area contributed by atoms with Gasteiger partial charge in [-0.2, -0.15) is 23.0 Å². The Morgan fingerprint density at radius 2 is 1.96 bits per heavy atom. The highest BCUT2D eigenvalue weighted by molar-refractivity contribution is 5.81. The van der Waals surface area contributed by atoms with Gasteiger partial charge in [0.25, 0.3) is 0 Å². The summed E-state index contributed by atoms with van der Waals surface area (Å²) in [6.45, 7) is 3.17. The molecule has 0 radical (unpaired) electrons. The first kappa shape index (κ1) is 16.0. The Hall–Kier alpha value is -2.84. The van der Waals surface area contributed by atoms with Crippen LogP contribution in [0.1, 0.15) is 17.0 Å². The van der Waals surface area contributed by atoms with Gasteiger partial charge in [-0.05, 0) is 32.0 Å². The fourth-order valence-electron chi connectivity index (χ4n) is 2.51. The highest BCUT2D eigenvalue weighted by Gasteiger charge is 2.35. The van der Waals surface area contributed by atoms with Gasteiger partial charge in [-0.3, -0.25) is 4.79 Å². The van der Waals surface area contributed by atoms with Gasteiger partial charge in [-0.25, -0.2) is 0 Å². The van der Waals surface area contributed by atoms with Crippen molar-refractivity contribution >= 4 is 10.9 Å². The van der Waals surface area contributed by atoms with E-state index in [2.05, 4.69) is 10.3 Å². The molecule has 0 aliphatic rings. The first-order valence-corrected chi connectivity index (χ1v) is 6.85. The summed E-state index contributed by atoms with van der Waals surface area (Å²) in [6, 6.07) is 3.28. The monoisotopic (exact) mass is 339 g/mol. The molecule has 3 rings (SSSR count). The molecule has 0 aliphatic carbocycles. The van der Waals surface area contributed by atoms with Gasteiger partial charge in [0.15, 0.2) is 5.52 Å². The van der Waals surface area contributed by atoms with Gasteiger partial charge >= 0.3 is 11.7 Å². The van der Waals surface area contributed by atoms with Crippen molar-refractivity contribution in [3.8, 4) is 11.4 Å². The van der Waals surface area contributed by atoms with Crippen molar-refractivity contribution in [1.82, 2.24) is 14.9 Å². The number of alkyl halides is 3. The summed E-state index contributed by atoms with van der Waals surface area (Å²) < 4.78 is 50.6. The third-order valence-electron chi connectivity index (χ3n) is 3.61. The number of halogens is 3. The number of hydrogen-bond donors (Lipinski definition) is 0. The minimum Gasteiger partial charge on any atom is -0.497 e. The number of hydrogen-bond acceptors (Lipinski definition) is 5. The van der Waals surface area contributed by atoms with Gasteiger partial charge in [0.05, 0.1) is 29.4 Å². The molecule has 24 heavy (non-hydrogen) atoms. The van der Waals surface area contributed by atoms with E-state index in [4.69, 9.17) is 9.26 Å². The van der Waals surface area contributed by atoms with E-state index in [-0.39, 0.29) is 11.3 Å². The average Bonchev–Trinajstić information content (AvgIpc) is 2.92. The molecule has 1 aromatic carbocycles. The van der Waals surface area contributed by atoms with Gasteiger partial charge < -0.3 is 9.26 Å². The number of aryl methyl sites for hydroxylation is 2. The maximum Gasteiger partial charge on any atom is 0.418 e. The lowest BCUT2D eigenvalue weighted by Gasteiger charge is -2.15. The zero-order valence-electron chi connectivity index (χ0n) is 12.9. The summed E-state index contributed by atoms with van der Waals surface area (Å²) in [5.41, 5.74) is -1.95. The van der Waals surface area contributed by atoms with Crippen LogP contribution in [0.15, 0.2) is 27.5 Å².